The summed E-state index contributed by atoms with van der Waals surface area (Å²) in [5.74, 6) is -0.00167. The molecule has 1 fully saturated rings. The molecule has 1 saturated heterocycles. The van der Waals surface area contributed by atoms with Gasteiger partial charge < -0.3 is 4.90 Å². The highest BCUT2D eigenvalue weighted by Gasteiger charge is 2.30. The van der Waals surface area contributed by atoms with E-state index in [-0.39, 0.29) is 16.3 Å². The van der Waals surface area contributed by atoms with Gasteiger partial charge in [0.2, 0.25) is 0 Å². The smallest absolute Gasteiger partial charge is 0.321 e. The van der Waals surface area contributed by atoms with Crippen LogP contribution in [0.3, 0.4) is 0 Å². The topological polar surface area (TPSA) is 55.2 Å². The molecule has 0 spiro atoms. The molecule has 19 heavy (non-hydrogen) atoms. The second-order valence-electron chi connectivity index (χ2n) is 4.60. The van der Waals surface area contributed by atoms with Gasteiger partial charge in [0.25, 0.3) is 5.56 Å². The van der Waals surface area contributed by atoms with E-state index in [1.165, 1.54) is 6.20 Å². The summed E-state index contributed by atoms with van der Waals surface area (Å²) in [6.07, 6.45) is 2.15. The molecule has 1 aliphatic rings. The Labute approximate surface area is 111 Å². The largest absolute Gasteiger partial charge is 0.350 e. The fourth-order valence-electron chi connectivity index (χ4n) is 2.20. The maximum absolute atomic E-state index is 12.7. The molecule has 1 aliphatic heterocycles. The Kier molecular flexibility index (Phi) is 3.98. The first-order valence-corrected chi connectivity index (χ1v) is 7.19. The first kappa shape index (κ1) is 14.1. The lowest BCUT2D eigenvalue weighted by atomic mass is 10.3. The van der Waals surface area contributed by atoms with E-state index in [0.717, 1.165) is 6.20 Å². The Balaban J connectivity index is 2.35. The quantitative estimate of drug-likeness (QED) is 0.815. The molecule has 2 atom stereocenters. The van der Waals surface area contributed by atoms with Crippen molar-refractivity contribution in [3.05, 3.63) is 22.7 Å². The molecule has 0 N–H and O–H groups in total. The second-order valence-corrected chi connectivity index (χ2v) is 6.86. The lowest BCUT2D eigenvalue weighted by Gasteiger charge is -2.34. The van der Waals surface area contributed by atoms with E-state index in [1.54, 1.807) is 4.90 Å². The fraction of sp³-hybridized carbons (Fsp3) is 0.636. The van der Waals surface area contributed by atoms with E-state index >= 15 is 0 Å². The molecule has 0 aromatic carbocycles. The van der Waals surface area contributed by atoms with Crippen molar-refractivity contribution in [3.63, 3.8) is 0 Å². The van der Waals surface area contributed by atoms with Crippen molar-refractivity contribution < 1.29 is 13.0 Å². The lowest BCUT2D eigenvalue weighted by molar-refractivity contribution is 0.0661. The molecular formula is C11H15F2N3O2S. The van der Waals surface area contributed by atoms with Crippen molar-refractivity contribution in [1.82, 2.24) is 9.55 Å². The Morgan fingerprint density at radius 1 is 1.37 bits per heavy atom. The van der Waals surface area contributed by atoms with Crippen LogP contribution in [-0.4, -0.2) is 37.3 Å². The summed E-state index contributed by atoms with van der Waals surface area (Å²) in [5.41, 5.74) is -0.815. The van der Waals surface area contributed by atoms with Crippen LogP contribution in [0.4, 0.5) is 14.6 Å². The number of hydrogen-bond acceptors (Lipinski definition) is 4. The van der Waals surface area contributed by atoms with E-state index in [0.29, 0.717) is 17.7 Å². The summed E-state index contributed by atoms with van der Waals surface area (Å²) in [4.78, 5) is 17.4. The highest BCUT2D eigenvalue weighted by atomic mass is 32.2. The van der Waals surface area contributed by atoms with Crippen molar-refractivity contribution in [2.45, 2.75) is 30.9 Å². The van der Waals surface area contributed by atoms with Crippen molar-refractivity contribution >= 4 is 16.6 Å². The van der Waals surface area contributed by atoms with Crippen LogP contribution in [0.1, 0.15) is 20.4 Å². The number of alkyl halides is 2. The Morgan fingerprint density at radius 3 is 2.47 bits per heavy atom. The third-order valence-corrected chi connectivity index (χ3v) is 4.99. The van der Waals surface area contributed by atoms with Crippen molar-refractivity contribution in [1.29, 1.82) is 0 Å². The minimum atomic E-state index is -2.89. The van der Waals surface area contributed by atoms with Gasteiger partial charge in [0.15, 0.2) is 5.82 Å². The maximum atomic E-state index is 12.7. The fourth-order valence-corrected chi connectivity index (χ4v) is 3.64. The molecule has 0 radical (unpaired) electrons. The van der Waals surface area contributed by atoms with Crippen molar-refractivity contribution in [3.8, 4) is 0 Å². The van der Waals surface area contributed by atoms with Crippen LogP contribution >= 0.6 is 0 Å². The average Bonchev–Trinajstić information content (AvgIpc) is 2.35. The Morgan fingerprint density at radius 2 is 1.95 bits per heavy atom. The highest BCUT2D eigenvalue weighted by molar-refractivity contribution is 7.86. The molecule has 2 rings (SSSR count). The molecule has 0 amide bonds. The molecule has 2 heterocycles. The molecule has 1 aromatic heterocycles. The molecule has 2 unspecified atom stereocenters. The number of nitrogens with zero attached hydrogens (tertiary/aromatic N) is 3. The van der Waals surface area contributed by atoms with Crippen LogP contribution in [0, 0.1) is 0 Å². The van der Waals surface area contributed by atoms with E-state index < -0.39 is 22.9 Å². The number of aromatic nitrogens is 2. The Hall–Kier alpha value is -1.31. The van der Waals surface area contributed by atoms with E-state index in [1.807, 2.05) is 13.8 Å². The zero-order chi connectivity index (χ0) is 14.2. The third-order valence-electron chi connectivity index (χ3n) is 3.11. The zero-order valence-electron chi connectivity index (χ0n) is 10.6. The zero-order valence-corrected chi connectivity index (χ0v) is 11.4. The van der Waals surface area contributed by atoms with Crippen LogP contribution in [0.5, 0.6) is 0 Å². The summed E-state index contributed by atoms with van der Waals surface area (Å²) in [6.45, 7) is 1.50. The second kappa shape index (κ2) is 5.36. The lowest BCUT2D eigenvalue weighted by Crippen LogP contribution is -2.49. The van der Waals surface area contributed by atoms with Gasteiger partial charge in [0, 0.05) is 46.8 Å². The molecule has 0 aliphatic carbocycles. The van der Waals surface area contributed by atoms with Crippen LogP contribution < -0.4 is 10.5 Å². The molecule has 0 bridgehead atoms. The van der Waals surface area contributed by atoms with Crippen LogP contribution in [0.15, 0.2) is 17.2 Å². The monoisotopic (exact) mass is 291 g/mol. The average molecular weight is 291 g/mol. The van der Waals surface area contributed by atoms with Crippen LogP contribution in [0.25, 0.3) is 0 Å². The summed E-state index contributed by atoms with van der Waals surface area (Å²) in [5, 5.41) is -0.240. The number of hydrogen-bond donors (Lipinski definition) is 0. The highest BCUT2D eigenvalue weighted by Crippen LogP contribution is 2.18. The van der Waals surface area contributed by atoms with Gasteiger partial charge in [-0.25, -0.2) is 4.98 Å². The Bertz CT molecular complexity index is 535. The first-order chi connectivity index (χ1) is 8.91. The van der Waals surface area contributed by atoms with Gasteiger partial charge in [-0.15, -0.1) is 0 Å². The van der Waals surface area contributed by atoms with Gasteiger partial charge in [-0.2, -0.15) is 8.78 Å². The molecule has 106 valence electrons. The van der Waals surface area contributed by atoms with Crippen LogP contribution in [0.2, 0.25) is 0 Å². The van der Waals surface area contributed by atoms with Crippen molar-refractivity contribution in [2.24, 2.45) is 0 Å². The maximum Gasteiger partial charge on any atom is 0.321 e. The molecule has 5 nitrogen and oxygen atoms in total. The van der Waals surface area contributed by atoms with Gasteiger partial charge in [-0.3, -0.25) is 13.6 Å². The molecule has 1 aromatic rings. The summed E-state index contributed by atoms with van der Waals surface area (Å²) in [6, 6.07) is 0. The third kappa shape index (κ3) is 2.68. The van der Waals surface area contributed by atoms with Gasteiger partial charge in [-0.1, -0.05) is 0 Å². The molecule has 0 saturated carbocycles. The van der Waals surface area contributed by atoms with Gasteiger partial charge in [0.05, 0.1) is 0 Å². The SMILES string of the molecule is CC1CN(c2nccn(C(F)F)c2=O)CC(C)S1=O. The summed E-state index contributed by atoms with van der Waals surface area (Å²) < 4.78 is 37.5. The normalized spacial score (nSPS) is 27.8. The standard InChI is InChI=1S/C11H15F2N3O2S/c1-7-5-15(6-8(2)19(7)18)9-10(17)16(11(12)13)4-3-14-9/h3-4,7-8,11H,5-6H2,1-2H3. The summed E-state index contributed by atoms with van der Waals surface area (Å²) >= 11 is 0. The number of rotatable bonds is 2. The van der Waals surface area contributed by atoms with Gasteiger partial charge >= 0.3 is 6.55 Å². The van der Waals surface area contributed by atoms with Crippen LogP contribution in [-0.2, 0) is 10.8 Å². The minimum absolute atomic E-state index is 0.00167. The first-order valence-electron chi connectivity index (χ1n) is 5.91. The van der Waals surface area contributed by atoms with E-state index in [9.17, 15) is 17.8 Å². The molecular weight excluding hydrogens is 276 g/mol. The number of anilines is 1. The van der Waals surface area contributed by atoms with E-state index in [4.69, 9.17) is 0 Å². The van der Waals surface area contributed by atoms with Gasteiger partial charge in [0.1, 0.15) is 0 Å². The molecule has 8 heteroatoms. The predicted molar refractivity (Wildman–Crippen MR) is 69.0 cm³/mol. The number of halogens is 2. The predicted octanol–water partition coefficient (Wildman–Crippen LogP) is 0.984. The van der Waals surface area contributed by atoms with Gasteiger partial charge in [-0.05, 0) is 13.8 Å². The summed E-state index contributed by atoms with van der Waals surface area (Å²) in [7, 11) is -0.971. The van der Waals surface area contributed by atoms with Crippen molar-refractivity contribution in [2.75, 3.05) is 18.0 Å². The minimum Gasteiger partial charge on any atom is -0.350 e. The van der Waals surface area contributed by atoms with E-state index in [2.05, 4.69) is 4.98 Å².